The van der Waals surface area contributed by atoms with Crippen LogP contribution in [0.3, 0.4) is 0 Å². The summed E-state index contributed by atoms with van der Waals surface area (Å²) in [6.07, 6.45) is 4.92. The van der Waals surface area contributed by atoms with Crippen LogP contribution in [0, 0.1) is 0 Å². The first-order chi connectivity index (χ1) is 12.6. The Morgan fingerprint density at radius 1 is 1.19 bits per heavy atom. The summed E-state index contributed by atoms with van der Waals surface area (Å²) in [6.45, 7) is 4.47. The van der Waals surface area contributed by atoms with E-state index in [9.17, 15) is 8.42 Å². The standard InChI is InChI=1S/C18H21N5O2S/c1-3-23(4-2)26(24,25)15-9-10-18(20-13-15)22-21-12-14-11-19-17-8-6-5-7-16(14)17/h5-13,19H,3-4H2,1-2H3,(H,20,22)/b21-12+. The fourth-order valence-corrected chi connectivity index (χ4v) is 4.08. The number of benzene rings is 1. The number of aromatic amines is 1. The molecule has 0 saturated heterocycles. The van der Waals surface area contributed by atoms with Crippen LogP contribution in [-0.4, -0.2) is 42.0 Å². The molecule has 2 N–H and O–H groups in total. The number of hydrogen-bond acceptors (Lipinski definition) is 5. The number of pyridine rings is 1. The molecule has 8 heteroatoms. The summed E-state index contributed by atoms with van der Waals surface area (Å²) < 4.78 is 26.3. The predicted octanol–water partition coefficient (Wildman–Crippen LogP) is 3.04. The van der Waals surface area contributed by atoms with Crippen molar-refractivity contribution in [3.05, 3.63) is 54.4 Å². The van der Waals surface area contributed by atoms with Gasteiger partial charge in [-0.2, -0.15) is 9.41 Å². The van der Waals surface area contributed by atoms with Crippen molar-refractivity contribution in [3.8, 4) is 0 Å². The second-order valence-corrected chi connectivity index (χ2v) is 7.57. The van der Waals surface area contributed by atoms with Crippen molar-refractivity contribution in [3.63, 3.8) is 0 Å². The molecule has 0 aliphatic carbocycles. The van der Waals surface area contributed by atoms with Gasteiger partial charge in [0.1, 0.15) is 10.7 Å². The maximum absolute atomic E-state index is 12.4. The van der Waals surface area contributed by atoms with E-state index in [1.165, 1.54) is 16.6 Å². The Balaban J connectivity index is 1.72. The maximum atomic E-state index is 12.4. The van der Waals surface area contributed by atoms with Crippen molar-refractivity contribution >= 4 is 33.0 Å². The van der Waals surface area contributed by atoms with Crippen LogP contribution in [0.2, 0.25) is 0 Å². The number of nitrogens with one attached hydrogen (secondary N) is 2. The number of hydrazone groups is 1. The van der Waals surface area contributed by atoms with E-state index in [4.69, 9.17) is 0 Å². The normalized spacial score (nSPS) is 12.3. The Labute approximate surface area is 152 Å². The third kappa shape index (κ3) is 3.61. The lowest BCUT2D eigenvalue weighted by molar-refractivity contribution is 0.445. The summed E-state index contributed by atoms with van der Waals surface area (Å²) in [7, 11) is -3.50. The number of hydrogen-bond donors (Lipinski definition) is 2. The number of nitrogens with zero attached hydrogens (tertiary/aromatic N) is 3. The molecule has 136 valence electrons. The Morgan fingerprint density at radius 2 is 1.96 bits per heavy atom. The van der Waals surface area contributed by atoms with Crippen LogP contribution in [0.25, 0.3) is 10.9 Å². The second kappa shape index (κ2) is 7.67. The van der Waals surface area contributed by atoms with E-state index >= 15 is 0 Å². The van der Waals surface area contributed by atoms with Gasteiger partial charge in [0.05, 0.1) is 6.21 Å². The van der Waals surface area contributed by atoms with Crippen LogP contribution in [0.1, 0.15) is 19.4 Å². The highest BCUT2D eigenvalue weighted by molar-refractivity contribution is 7.89. The first-order valence-electron chi connectivity index (χ1n) is 8.37. The molecule has 0 aliphatic heterocycles. The molecule has 0 aliphatic rings. The monoisotopic (exact) mass is 371 g/mol. The largest absolute Gasteiger partial charge is 0.361 e. The van der Waals surface area contributed by atoms with E-state index in [1.54, 1.807) is 12.3 Å². The molecule has 0 atom stereocenters. The summed E-state index contributed by atoms with van der Waals surface area (Å²) in [5.41, 5.74) is 4.81. The van der Waals surface area contributed by atoms with Gasteiger partial charge < -0.3 is 4.98 Å². The zero-order valence-corrected chi connectivity index (χ0v) is 15.5. The number of anilines is 1. The molecule has 26 heavy (non-hydrogen) atoms. The van der Waals surface area contributed by atoms with E-state index in [2.05, 4.69) is 20.5 Å². The zero-order valence-electron chi connectivity index (χ0n) is 14.7. The minimum absolute atomic E-state index is 0.173. The van der Waals surface area contributed by atoms with E-state index in [-0.39, 0.29) is 4.90 Å². The molecule has 7 nitrogen and oxygen atoms in total. The first kappa shape index (κ1) is 18.1. The van der Waals surface area contributed by atoms with Crippen molar-refractivity contribution < 1.29 is 8.42 Å². The van der Waals surface area contributed by atoms with Crippen LogP contribution in [0.4, 0.5) is 5.82 Å². The zero-order chi connectivity index (χ0) is 18.6. The molecule has 0 radical (unpaired) electrons. The highest BCUT2D eigenvalue weighted by Gasteiger charge is 2.21. The average Bonchev–Trinajstić information content (AvgIpc) is 3.06. The van der Waals surface area contributed by atoms with Crippen LogP contribution < -0.4 is 5.43 Å². The van der Waals surface area contributed by atoms with E-state index in [1.807, 2.05) is 44.3 Å². The Morgan fingerprint density at radius 3 is 2.65 bits per heavy atom. The average molecular weight is 371 g/mol. The molecule has 2 aromatic heterocycles. The third-order valence-corrected chi connectivity index (χ3v) is 6.12. The Hall–Kier alpha value is -2.71. The number of H-pyrrole nitrogens is 1. The number of fused-ring (bicyclic) bond motifs is 1. The van der Waals surface area contributed by atoms with Crippen molar-refractivity contribution in [2.24, 2.45) is 5.10 Å². The van der Waals surface area contributed by atoms with Gasteiger partial charge in [0.15, 0.2) is 0 Å². The van der Waals surface area contributed by atoms with Gasteiger partial charge in [-0.3, -0.25) is 5.43 Å². The molecular weight excluding hydrogens is 350 g/mol. The predicted molar refractivity (Wildman–Crippen MR) is 104 cm³/mol. The first-order valence-corrected chi connectivity index (χ1v) is 9.81. The number of para-hydroxylation sites is 1. The van der Waals surface area contributed by atoms with Crippen molar-refractivity contribution in [1.82, 2.24) is 14.3 Å². The maximum Gasteiger partial charge on any atom is 0.244 e. The van der Waals surface area contributed by atoms with Crippen LogP contribution in [0.5, 0.6) is 0 Å². The van der Waals surface area contributed by atoms with Gasteiger partial charge in [0.25, 0.3) is 0 Å². The molecule has 3 aromatic rings. The van der Waals surface area contributed by atoms with Crippen LogP contribution in [0.15, 0.2) is 58.8 Å². The SMILES string of the molecule is CCN(CC)S(=O)(=O)c1ccc(N/N=C/c2c[nH]c3ccccc23)nc1. The molecule has 0 amide bonds. The van der Waals surface area contributed by atoms with E-state index in [0.29, 0.717) is 18.9 Å². The molecule has 3 rings (SSSR count). The lowest BCUT2D eigenvalue weighted by Gasteiger charge is -2.18. The number of aromatic nitrogens is 2. The second-order valence-electron chi connectivity index (χ2n) is 5.63. The molecule has 0 bridgehead atoms. The van der Waals surface area contributed by atoms with Crippen molar-refractivity contribution in [2.45, 2.75) is 18.7 Å². The molecule has 2 heterocycles. The van der Waals surface area contributed by atoms with Crippen molar-refractivity contribution in [1.29, 1.82) is 0 Å². The fourth-order valence-electron chi connectivity index (χ4n) is 2.68. The van der Waals surface area contributed by atoms with E-state index < -0.39 is 10.0 Å². The highest BCUT2D eigenvalue weighted by atomic mass is 32.2. The van der Waals surface area contributed by atoms with Crippen LogP contribution in [-0.2, 0) is 10.0 Å². The van der Waals surface area contributed by atoms with Crippen LogP contribution >= 0.6 is 0 Å². The minimum atomic E-state index is -3.50. The Bertz CT molecular complexity index is 1010. The van der Waals surface area contributed by atoms with Gasteiger partial charge in [0, 0.05) is 41.9 Å². The molecule has 0 saturated carbocycles. The summed E-state index contributed by atoms with van der Waals surface area (Å²) in [5.74, 6) is 0.472. The van der Waals surface area contributed by atoms with Gasteiger partial charge in [-0.1, -0.05) is 32.0 Å². The summed E-state index contributed by atoms with van der Waals surface area (Å²) in [5, 5.41) is 5.25. The Kier molecular flexibility index (Phi) is 5.34. The van der Waals surface area contributed by atoms with Gasteiger partial charge in [-0.05, 0) is 18.2 Å². The lowest BCUT2D eigenvalue weighted by atomic mass is 10.2. The van der Waals surface area contributed by atoms with Gasteiger partial charge in [0.2, 0.25) is 10.0 Å². The third-order valence-electron chi connectivity index (χ3n) is 4.08. The smallest absolute Gasteiger partial charge is 0.244 e. The summed E-state index contributed by atoms with van der Waals surface area (Å²) in [4.78, 5) is 7.49. The quantitative estimate of drug-likeness (QED) is 0.493. The van der Waals surface area contributed by atoms with Gasteiger partial charge >= 0.3 is 0 Å². The molecule has 1 aromatic carbocycles. The molecule has 0 fully saturated rings. The molecule has 0 unspecified atom stereocenters. The topological polar surface area (TPSA) is 90.5 Å². The van der Waals surface area contributed by atoms with E-state index in [0.717, 1.165) is 16.5 Å². The lowest BCUT2D eigenvalue weighted by Crippen LogP contribution is -2.30. The highest BCUT2D eigenvalue weighted by Crippen LogP contribution is 2.17. The summed E-state index contributed by atoms with van der Waals surface area (Å²) >= 11 is 0. The van der Waals surface area contributed by atoms with Gasteiger partial charge in [-0.25, -0.2) is 13.4 Å². The number of sulfonamides is 1. The van der Waals surface area contributed by atoms with Crippen molar-refractivity contribution in [2.75, 3.05) is 18.5 Å². The molecular formula is C18H21N5O2S. The summed E-state index contributed by atoms with van der Waals surface area (Å²) in [6, 6.07) is 11.1. The fraction of sp³-hybridized carbons (Fsp3) is 0.222. The van der Waals surface area contributed by atoms with Gasteiger partial charge in [-0.15, -0.1) is 0 Å². The minimum Gasteiger partial charge on any atom is -0.361 e. The number of rotatable bonds is 7. The molecule has 0 spiro atoms.